The normalized spacial score (nSPS) is 11.8. The van der Waals surface area contributed by atoms with Crippen LogP contribution in [0.25, 0.3) is 10.8 Å². The molecule has 7 heteroatoms. The van der Waals surface area contributed by atoms with Crippen LogP contribution in [0.15, 0.2) is 41.7 Å². The Kier molecular flexibility index (Phi) is 7.28. The largest absolute Gasteiger partial charge is 0.448 e. The van der Waals surface area contributed by atoms with Crippen molar-refractivity contribution in [2.45, 2.75) is 45.8 Å². The van der Waals surface area contributed by atoms with Gasteiger partial charge in [-0.15, -0.1) is 6.58 Å². The summed E-state index contributed by atoms with van der Waals surface area (Å²) in [6.07, 6.45) is 3.30. The van der Waals surface area contributed by atoms with Crippen LogP contribution in [0.3, 0.4) is 0 Å². The predicted octanol–water partition coefficient (Wildman–Crippen LogP) is 2.43. The summed E-state index contributed by atoms with van der Waals surface area (Å²) in [4.78, 5) is 37.2. The van der Waals surface area contributed by atoms with E-state index in [4.69, 9.17) is 4.74 Å². The molecule has 144 valence electrons. The van der Waals surface area contributed by atoms with Crippen molar-refractivity contribution < 1.29 is 14.3 Å². The number of aromatic nitrogens is 2. The maximum absolute atomic E-state index is 12.6. The number of carbonyl (C=O) groups excluding carboxylic acids is 2. The highest BCUT2D eigenvalue weighted by atomic mass is 16.5. The zero-order valence-corrected chi connectivity index (χ0v) is 15.7. The Labute approximate surface area is 158 Å². The number of rotatable bonds is 9. The molecule has 2 aromatic rings. The highest BCUT2D eigenvalue weighted by Crippen LogP contribution is 2.15. The van der Waals surface area contributed by atoms with Gasteiger partial charge in [0.1, 0.15) is 0 Å². The number of benzene rings is 1. The van der Waals surface area contributed by atoms with Crippen molar-refractivity contribution in [3.05, 3.63) is 53.0 Å². The molecule has 1 aromatic carbocycles. The van der Waals surface area contributed by atoms with E-state index in [9.17, 15) is 14.4 Å². The Balaban J connectivity index is 2.33. The van der Waals surface area contributed by atoms with Gasteiger partial charge in [0.25, 0.3) is 11.5 Å². The molecular weight excluding hydrogens is 346 g/mol. The van der Waals surface area contributed by atoms with Crippen LogP contribution < -0.4 is 10.9 Å². The van der Waals surface area contributed by atoms with Crippen LogP contribution in [0.5, 0.6) is 0 Å². The first-order valence-electron chi connectivity index (χ1n) is 9.09. The van der Waals surface area contributed by atoms with Crippen molar-refractivity contribution in [3.63, 3.8) is 0 Å². The molecule has 0 radical (unpaired) electrons. The molecule has 0 fully saturated rings. The second-order valence-corrected chi connectivity index (χ2v) is 6.21. The molecule has 27 heavy (non-hydrogen) atoms. The van der Waals surface area contributed by atoms with Crippen molar-refractivity contribution >= 4 is 22.6 Å². The Hall–Kier alpha value is -2.96. The third kappa shape index (κ3) is 5.03. The van der Waals surface area contributed by atoms with E-state index in [1.54, 1.807) is 24.3 Å². The van der Waals surface area contributed by atoms with Crippen LogP contribution in [0.4, 0.5) is 0 Å². The minimum Gasteiger partial charge on any atom is -0.448 e. The summed E-state index contributed by atoms with van der Waals surface area (Å²) < 4.78 is 6.56. The summed E-state index contributed by atoms with van der Waals surface area (Å²) in [5.74, 6) is -1.17. The summed E-state index contributed by atoms with van der Waals surface area (Å²) in [5, 5.41) is 7.62. The highest BCUT2D eigenvalue weighted by Gasteiger charge is 2.22. The van der Waals surface area contributed by atoms with Crippen LogP contribution >= 0.6 is 0 Å². The van der Waals surface area contributed by atoms with Crippen molar-refractivity contribution in [2.75, 3.05) is 6.54 Å². The monoisotopic (exact) mass is 371 g/mol. The molecule has 1 N–H and O–H groups in total. The summed E-state index contributed by atoms with van der Waals surface area (Å²) in [6, 6.07) is 6.77. The van der Waals surface area contributed by atoms with Crippen molar-refractivity contribution in [2.24, 2.45) is 0 Å². The molecule has 7 nitrogen and oxygen atoms in total. The molecule has 0 saturated carbocycles. The van der Waals surface area contributed by atoms with Gasteiger partial charge in [0, 0.05) is 18.5 Å². The quantitative estimate of drug-likeness (QED) is 0.415. The van der Waals surface area contributed by atoms with Gasteiger partial charge < -0.3 is 10.1 Å². The molecule has 1 amide bonds. The van der Waals surface area contributed by atoms with Gasteiger partial charge in [-0.1, -0.05) is 44.0 Å². The molecule has 1 aromatic heterocycles. The van der Waals surface area contributed by atoms with E-state index in [1.165, 1.54) is 17.7 Å². The molecule has 0 aliphatic carbocycles. The lowest BCUT2D eigenvalue weighted by Crippen LogP contribution is -2.36. The van der Waals surface area contributed by atoms with Crippen LogP contribution in [0, 0.1) is 0 Å². The van der Waals surface area contributed by atoms with E-state index in [1.807, 2.05) is 0 Å². The number of nitrogens with zero attached hydrogens (tertiary/aromatic N) is 2. The molecule has 0 bridgehead atoms. The van der Waals surface area contributed by atoms with Gasteiger partial charge in [0.2, 0.25) is 0 Å². The van der Waals surface area contributed by atoms with Gasteiger partial charge in [-0.2, -0.15) is 5.10 Å². The van der Waals surface area contributed by atoms with E-state index in [0.29, 0.717) is 17.3 Å². The number of hydrogen-bond acceptors (Lipinski definition) is 5. The highest BCUT2D eigenvalue weighted by molar-refractivity contribution is 6.02. The zero-order chi connectivity index (χ0) is 19.8. The van der Waals surface area contributed by atoms with Gasteiger partial charge in [-0.25, -0.2) is 9.48 Å². The number of ether oxygens (including phenoxy) is 1. The number of fused-ring (bicyclic) bond motifs is 1. The zero-order valence-electron chi connectivity index (χ0n) is 15.7. The summed E-state index contributed by atoms with van der Waals surface area (Å²) in [6.45, 7) is 7.77. The average molecular weight is 371 g/mol. The maximum atomic E-state index is 12.6. The topological polar surface area (TPSA) is 90.3 Å². The number of unbranched alkanes of at least 4 members (excludes halogenated alkanes) is 2. The van der Waals surface area contributed by atoms with E-state index in [2.05, 4.69) is 23.9 Å². The lowest BCUT2D eigenvalue weighted by Gasteiger charge is -2.14. The van der Waals surface area contributed by atoms with Crippen LogP contribution in [-0.4, -0.2) is 34.3 Å². The standard InChI is InChI=1S/C20H25N3O4/c1-4-6-9-13-23-19(25)16-11-8-7-10-15(16)17(22-23)20(26)27-14(3)18(24)21-12-5-2/h5,7-8,10-11,14H,2,4,6,9,12-13H2,1,3H3,(H,21,24)/t14-/m1/s1. The third-order valence-corrected chi connectivity index (χ3v) is 4.11. The van der Waals surface area contributed by atoms with Crippen LogP contribution in [0.2, 0.25) is 0 Å². The number of hydrogen-bond donors (Lipinski definition) is 1. The van der Waals surface area contributed by atoms with E-state index in [0.717, 1.165) is 19.3 Å². The molecule has 0 spiro atoms. The van der Waals surface area contributed by atoms with Gasteiger partial charge >= 0.3 is 5.97 Å². The Morgan fingerprint density at radius 2 is 2.00 bits per heavy atom. The SMILES string of the molecule is C=CCNC(=O)[C@@H](C)OC(=O)c1nn(CCCCC)c(=O)c2ccccc12. The van der Waals surface area contributed by atoms with Crippen molar-refractivity contribution in [1.82, 2.24) is 15.1 Å². The van der Waals surface area contributed by atoms with Crippen LogP contribution in [0.1, 0.15) is 43.6 Å². The molecule has 0 unspecified atom stereocenters. The van der Waals surface area contributed by atoms with E-state index in [-0.39, 0.29) is 17.8 Å². The smallest absolute Gasteiger partial charge is 0.360 e. The molecule has 2 rings (SSSR count). The van der Waals surface area contributed by atoms with E-state index < -0.39 is 18.0 Å². The number of amides is 1. The van der Waals surface area contributed by atoms with Crippen molar-refractivity contribution in [3.8, 4) is 0 Å². The third-order valence-electron chi connectivity index (χ3n) is 4.11. The maximum Gasteiger partial charge on any atom is 0.360 e. The average Bonchev–Trinajstić information content (AvgIpc) is 2.67. The Morgan fingerprint density at radius 3 is 2.67 bits per heavy atom. The molecule has 0 aliphatic heterocycles. The fourth-order valence-electron chi connectivity index (χ4n) is 2.64. The summed E-state index contributed by atoms with van der Waals surface area (Å²) in [7, 11) is 0. The number of aryl methyl sites for hydroxylation is 1. The van der Waals surface area contributed by atoms with Gasteiger partial charge in [-0.3, -0.25) is 9.59 Å². The summed E-state index contributed by atoms with van der Waals surface area (Å²) in [5.41, 5.74) is -0.208. The molecule has 1 atom stereocenters. The van der Waals surface area contributed by atoms with Gasteiger partial charge in [-0.05, 0) is 19.4 Å². The minimum atomic E-state index is -0.988. The fourth-order valence-corrected chi connectivity index (χ4v) is 2.64. The second-order valence-electron chi connectivity index (χ2n) is 6.21. The summed E-state index contributed by atoms with van der Waals surface area (Å²) >= 11 is 0. The second kappa shape index (κ2) is 9.66. The van der Waals surface area contributed by atoms with Gasteiger partial charge in [0.15, 0.2) is 11.8 Å². The lowest BCUT2D eigenvalue weighted by molar-refractivity contribution is -0.128. The first-order valence-corrected chi connectivity index (χ1v) is 9.09. The first-order chi connectivity index (χ1) is 13.0. The molecule has 0 aliphatic rings. The Bertz CT molecular complexity index is 888. The minimum absolute atomic E-state index is 0.0325. The molecule has 1 heterocycles. The number of carbonyl (C=O) groups is 2. The van der Waals surface area contributed by atoms with Crippen LogP contribution in [-0.2, 0) is 16.1 Å². The molecule has 0 saturated heterocycles. The number of esters is 1. The fraction of sp³-hybridized carbons (Fsp3) is 0.400. The van der Waals surface area contributed by atoms with Gasteiger partial charge in [0.05, 0.1) is 5.39 Å². The number of nitrogens with one attached hydrogen (secondary N) is 1. The Morgan fingerprint density at radius 1 is 1.30 bits per heavy atom. The first kappa shape index (κ1) is 20.4. The van der Waals surface area contributed by atoms with E-state index >= 15 is 0 Å². The lowest BCUT2D eigenvalue weighted by atomic mass is 10.1. The van der Waals surface area contributed by atoms with Crippen molar-refractivity contribution in [1.29, 1.82) is 0 Å². The molecular formula is C20H25N3O4. The predicted molar refractivity (Wildman–Crippen MR) is 104 cm³/mol.